The lowest BCUT2D eigenvalue weighted by Crippen LogP contribution is -2.52. The Morgan fingerprint density at radius 1 is 1.12 bits per heavy atom. The summed E-state index contributed by atoms with van der Waals surface area (Å²) >= 11 is 0. The van der Waals surface area contributed by atoms with Gasteiger partial charge in [0.05, 0.1) is 0 Å². The lowest BCUT2D eigenvalue weighted by molar-refractivity contribution is -0.133. The van der Waals surface area contributed by atoms with E-state index in [9.17, 15) is 14.0 Å². The van der Waals surface area contributed by atoms with Crippen molar-refractivity contribution in [3.8, 4) is 0 Å². The molecular weight excluding hydrogens is 309 g/mol. The summed E-state index contributed by atoms with van der Waals surface area (Å²) in [5.41, 5.74) is 0.558. The van der Waals surface area contributed by atoms with Gasteiger partial charge in [-0.25, -0.2) is 9.18 Å². The van der Waals surface area contributed by atoms with E-state index in [4.69, 9.17) is 0 Å². The van der Waals surface area contributed by atoms with E-state index >= 15 is 0 Å². The summed E-state index contributed by atoms with van der Waals surface area (Å²) in [5.74, 6) is -0.327. The molecule has 1 saturated heterocycles. The van der Waals surface area contributed by atoms with Crippen molar-refractivity contribution in [3.63, 3.8) is 0 Å². The third-order valence-electron chi connectivity index (χ3n) is 4.25. The number of carbonyl (C=O) groups excluding carboxylic acids is 2. The molecule has 1 aliphatic heterocycles. The third kappa shape index (κ3) is 5.22. The van der Waals surface area contributed by atoms with Gasteiger partial charge in [-0.2, -0.15) is 0 Å². The predicted octanol–water partition coefficient (Wildman–Crippen LogP) is 2.46. The maximum atomic E-state index is 13.6. The number of carbonyl (C=O) groups is 2. The molecule has 3 amide bonds. The molecule has 1 aliphatic rings. The van der Waals surface area contributed by atoms with Crippen molar-refractivity contribution in [3.05, 3.63) is 35.6 Å². The van der Waals surface area contributed by atoms with Crippen LogP contribution in [0.3, 0.4) is 0 Å². The molecule has 0 bridgehead atoms. The van der Waals surface area contributed by atoms with Crippen molar-refractivity contribution in [2.24, 2.45) is 0 Å². The summed E-state index contributed by atoms with van der Waals surface area (Å²) in [6, 6.07) is 5.30. The Kier molecular flexibility index (Phi) is 6.58. The van der Waals surface area contributed by atoms with Crippen LogP contribution in [0.4, 0.5) is 9.18 Å². The van der Waals surface area contributed by atoms with Gasteiger partial charge in [-0.1, -0.05) is 18.2 Å². The van der Waals surface area contributed by atoms with E-state index in [2.05, 4.69) is 10.6 Å². The van der Waals surface area contributed by atoms with Crippen LogP contribution < -0.4 is 10.6 Å². The molecule has 0 spiro atoms. The van der Waals surface area contributed by atoms with Crippen LogP contribution in [0.1, 0.15) is 38.7 Å². The highest BCUT2D eigenvalue weighted by molar-refractivity contribution is 5.86. The summed E-state index contributed by atoms with van der Waals surface area (Å²) in [6.07, 6.45) is 3.59. The Labute approximate surface area is 142 Å². The van der Waals surface area contributed by atoms with Crippen LogP contribution in [0.25, 0.3) is 0 Å². The second-order valence-electron chi connectivity index (χ2n) is 6.42. The molecule has 24 heavy (non-hydrogen) atoms. The predicted molar refractivity (Wildman–Crippen MR) is 91.1 cm³/mol. The summed E-state index contributed by atoms with van der Waals surface area (Å²) < 4.78 is 13.6. The number of urea groups is 1. The molecule has 0 radical (unpaired) electrons. The monoisotopic (exact) mass is 335 g/mol. The van der Waals surface area contributed by atoms with Crippen molar-refractivity contribution < 1.29 is 14.0 Å². The lowest BCUT2D eigenvalue weighted by Gasteiger charge is -2.29. The quantitative estimate of drug-likeness (QED) is 0.868. The van der Waals surface area contributed by atoms with Gasteiger partial charge in [-0.15, -0.1) is 0 Å². The highest BCUT2D eigenvalue weighted by atomic mass is 19.1. The zero-order valence-electron chi connectivity index (χ0n) is 14.3. The van der Waals surface area contributed by atoms with Gasteiger partial charge < -0.3 is 15.5 Å². The minimum absolute atomic E-state index is 0.0494. The fourth-order valence-corrected chi connectivity index (χ4v) is 2.96. The van der Waals surface area contributed by atoms with Crippen molar-refractivity contribution >= 4 is 11.9 Å². The van der Waals surface area contributed by atoms with E-state index in [1.54, 1.807) is 30.0 Å². The average molecular weight is 335 g/mol. The third-order valence-corrected chi connectivity index (χ3v) is 4.25. The van der Waals surface area contributed by atoms with E-state index < -0.39 is 12.1 Å². The molecular formula is C18H26FN3O2. The van der Waals surface area contributed by atoms with Crippen LogP contribution in [0, 0.1) is 5.82 Å². The lowest BCUT2D eigenvalue weighted by atomic mass is 10.1. The SMILES string of the molecule is C[C@H](Cc1ccccc1F)NC(=O)N[C@@H](C)C(=O)N1CCCCC1. The van der Waals surface area contributed by atoms with Gasteiger partial charge in [0.2, 0.25) is 5.91 Å². The number of rotatable bonds is 5. The smallest absolute Gasteiger partial charge is 0.315 e. The van der Waals surface area contributed by atoms with Gasteiger partial charge in [0, 0.05) is 19.1 Å². The van der Waals surface area contributed by atoms with Crippen LogP contribution >= 0.6 is 0 Å². The summed E-state index contributed by atoms with van der Waals surface area (Å²) in [6.45, 7) is 5.02. The Hall–Kier alpha value is -2.11. The zero-order chi connectivity index (χ0) is 17.5. The van der Waals surface area contributed by atoms with Gasteiger partial charge in [-0.3, -0.25) is 4.79 Å². The second-order valence-corrected chi connectivity index (χ2v) is 6.42. The highest BCUT2D eigenvalue weighted by Gasteiger charge is 2.23. The van der Waals surface area contributed by atoms with Gasteiger partial charge in [0.1, 0.15) is 11.9 Å². The molecule has 0 aliphatic carbocycles. The van der Waals surface area contributed by atoms with Gasteiger partial charge in [0.15, 0.2) is 0 Å². The molecule has 2 atom stereocenters. The van der Waals surface area contributed by atoms with E-state index in [1.165, 1.54) is 6.07 Å². The number of nitrogens with one attached hydrogen (secondary N) is 2. The fourth-order valence-electron chi connectivity index (χ4n) is 2.96. The standard InChI is InChI=1S/C18H26FN3O2/c1-13(12-15-8-4-5-9-16(15)19)20-18(24)21-14(2)17(23)22-10-6-3-7-11-22/h4-5,8-9,13-14H,3,6-7,10-12H2,1-2H3,(H2,20,21,24)/t13-,14+/m1/s1. The first-order chi connectivity index (χ1) is 11.5. The van der Waals surface area contributed by atoms with E-state index in [0.717, 1.165) is 32.4 Å². The van der Waals surface area contributed by atoms with E-state index in [-0.39, 0.29) is 17.8 Å². The Morgan fingerprint density at radius 3 is 2.46 bits per heavy atom. The number of nitrogens with zero attached hydrogens (tertiary/aromatic N) is 1. The number of benzene rings is 1. The minimum Gasteiger partial charge on any atom is -0.341 e. The number of halogens is 1. The van der Waals surface area contributed by atoms with Crippen molar-refractivity contribution in [1.29, 1.82) is 0 Å². The maximum Gasteiger partial charge on any atom is 0.315 e. The van der Waals surface area contributed by atoms with Crippen LogP contribution in [0.2, 0.25) is 0 Å². The molecule has 1 fully saturated rings. The molecule has 6 heteroatoms. The first-order valence-corrected chi connectivity index (χ1v) is 8.56. The summed E-state index contributed by atoms with van der Waals surface area (Å²) in [5, 5.41) is 5.43. The molecule has 0 unspecified atom stereocenters. The molecule has 1 heterocycles. The van der Waals surface area contributed by atoms with Gasteiger partial charge >= 0.3 is 6.03 Å². The van der Waals surface area contributed by atoms with Gasteiger partial charge in [-0.05, 0) is 51.2 Å². The Morgan fingerprint density at radius 2 is 1.79 bits per heavy atom. The van der Waals surface area contributed by atoms with Crippen molar-refractivity contribution in [1.82, 2.24) is 15.5 Å². The van der Waals surface area contributed by atoms with Crippen LogP contribution in [0.15, 0.2) is 24.3 Å². The molecule has 0 aromatic heterocycles. The first-order valence-electron chi connectivity index (χ1n) is 8.56. The number of likely N-dealkylation sites (tertiary alicyclic amines) is 1. The van der Waals surface area contributed by atoms with Crippen molar-refractivity contribution in [2.75, 3.05) is 13.1 Å². The number of hydrogen-bond acceptors (Lipinski definition) is 2. The largest absolute Gasteiger partial charge is 0.341 e. The fraction of sp³-hybridized carbons (Fsp3) is 0.556. The van der Waals surface area contributed by atoms with E-state index in [1.807, 2.05) is 6.92 Å². The Bertz CT molecular complexity index is 573. The molecule has 1 aromatic carbocycles. The number of piperidine rings is 1. The number of amides is 3. The summed E-state index contributed by atoms with van der Waals surface area (Å²) in [4.78, 5) is 26.1. The second kappa shape index (κ2) is 8.66. The molecule has 2 rings (SSSR count). The molecule has 1 aromatic rings. The summed E-state index contributed by atoms with van der Waals surface area (Å²) in [7, 11) is 0. The maximum absolute atomic E-state index is 13.6. The number of hydrogen-bond donors (Lipinski definition) is 2. The van der Waals surface area contributed by atoms with Gasteiger partial charge in [0.25, 0.3) is 0 Å². The highest BCUT2D eigenvalue weighted by Crippen LogP contribution is 2.10. The van der Waals surface area contributed by atoms with E-state index in [0.29, 0.717) is 12.0 Å². The first kappa shape index (κ1) is 18.2. The zero-order valence-corrected chi connectivity index (χ0v) is 14.3. The molecule has 132 valence electrons. The molecule has 0 saturated carbocycles. The van der Waals surface area contributed by atoms with Crippen LogP contribution in [-0.2, 0) is 11.2 Å². The minimum atomic E-state index is -0.566. The van der Waals surface area contributed by atoms with Crippen molar-refractivity contribution in [2.45, 2.75) is 51.6 Å². The Balaban J connectivity index is 1.79. The topological polar surface area (TPSA) is 61.4 Å². The average Bonchev–Trinajstić information content (AvgIpc) is 2.56. The normalized spacial score (nSPS) is 17.0. The van der Waals surface area contributed by atoms with Crippen LogP contribution in [-0.4, -0.2) is 42.0 Å². The van der Waals surface area contributed by atoms with Crippen LogP contribution in [0.5, 0.6) is 0 Å². The molecule has 2 N–H and O–H groups in total. The molecule has 5 nitrogen and oxygen atoms in total.